The fourth-order valence-corrected chi connectivity index (χ4v) is 3.59. The van der Waals surface area contributed by atoms with Gasteiger partial charge in [-0.2, -0.15) is 0 Å². The molecule has 0 aromatic heterocycles. The standard InChI is InChI=1S/C24H28N2O5/c1-13(2)26-23(27)20(16-9-8-14(3)15(4)10-16)21(24(26)28)25-17-11-18(29-5)22(31-7)19(12-17)30-6/h8-13,25H,1-7H3. The number of hydrogen-bond donors (Lipinski definition) is 1. The van der Waals surface area contributed by atoms with Gasteiger partial charge in [0.05, 0.1) is 26.9 Å². The van der Waals surface area contributed by atoms with Gasteiger partial charge in [0, 0.05) is 23.9 Å². The largest absolute Gasteiger partial charge is 0.493 e. The minimum Gasteiger partial charge on any atom is -0.493 e. The first-order chi connectivity index (χ1) is 14.7. The SMILES string of the molecule is COc1cc(NC2=C(c3ccc(C)c(C)c3)C(=O)N(C(C)C)C2=O)cc(OC)c1OC. The van der Waals surface area contributed by atoms with Crippen molar-refractivity contribution in [2.75, 3.05) is 26.6 Å². The highest BCUT2D eigenvalue weighted by Gasteiger charge is 2.40. The average molecular weight is 424 g/mol. The molecule has 0 fully saturated rings. The monoisotopic (exact) mass is 424 g/mol. The van der Waals surface area contributed by atoms with Crippen LogP contribution in [-0.4, -0.2) is 44.1 Å². The van der Waals surface area contributed by atoms with Crippen LogP contribution in [0.3, 0.4) is 0 Å². The predicted molar refractivity (Wildman–Crippen MR) is 120 cm³/mol. The van der Waals surface area contributed by atoms with Gasteiger partial charge in [0.25, 0.3) is 11.8 Å². The van der Waals surface area contributed by atoms with E-state index in [-0.39, 0.29) is 23.6 Å². The zero-order chi connectivity index (χ0) is 22.9. The van der Waals surface area contributed by atoms with Gasteiger partial charge in [-0.15, -0.1) is 0 Å². The van der Waals surface area contributed by atoms with E-state index < -0.39 is 0 Å². The van der Waals surface area contributed by atoms with E-state index in [4.69, 9.17) is 14.2 Å². The lowest BCUT2D eigenvalue weighted by atomic mass is 9.99. The summed E-state index contributed by atoms with van der Waals surface area (Å²) in [5.41, 5.74) is 3.95. The molecule has 0 bridgehead atoms. The third kappa shape index (κ3) is 3.95. The molecule has 1 aliphatic heterocycles. The maximum atomic E-state index is 13.2. The number of benzene rings is 2. The zero-order valence-electron chi connectivity index (χ0n) is 19.0. The number of aryl methyl sites for hydroxylation is 2. The number of methoxy groups -OCH3 is 3. The average Bonchev–Trinajstić information content (AvgIpc) is 2.98. The normalized spacial score (nSPS) is 13.9. The van der Waals surface area contributed by atoms with Crippen molar-refractivity contribution < 1.29 is 23.8 Å². The lowest BCUT2D eigenvalue weighted by molar-refractivity contribution is -0.138. The molecule has 0 saturated carbocycles. The van der Waals surface area contributed by atoms with E-state index in [9.17, 15) is 9.59 Å². The maximum absolute atomic E-state index is 13.2. The fourth-order valence-electron chi connectivity index (χ4n) is 3.59. The molecule has 7 heteroatoms. The summed E-state index contributed by atoms with van der Waals surface area (Å²) < 4.78 is 16.2. The molecular weight excluding hydrogens is 396 g/mol. The van der Waals surface area contributed by atoms with Gasteiger partial charge >= 0.3 is 0 Å². The van der Waals surface area contributed by atoms with Gasteiger partial charge in [-0.25, -0.2) is 0 Å². The van der Waals surface area contributed by atoms with Crippen LogP contribution in [0.2, 0.25) is 0 Å². The molecule has 0 radical (unpaired) electrons. The van der Waals surface area contributed by atoms with E-state index in [1.54, 1.807) is 12.1 Å². The highest BCUT2D eigenvalue weighted by molar-refractivity contribution is 6.36. The molecule has 0 saturated heterocycles. The molecule has 1 heterocycles. The van der Waals surface area contributed by atoms with E-state index in [0.717, 1.165) is 11.1 Å². The van der Waals surface area contributed by atoms with Crippen LogP contribution < -0.4 is 19.5 Å². The molecule has 31 heavy (non-hydrogen) atoms. The molecule has 0 atom stereocenters. The molecule has 7 nitrogen and oxygen atoms in total. The van der Waals surface area contributed by atoms with Crippen molar-refractivity contribution in [3.8, 4) is 17.2 Å². The Morgan fingerprint density at radius 1 is 0.839 bits per heavy atom. The van der Waals surface area contributed by atoms with Gasteiger partial charge in [-0.05, 0) is 44.4 Å². The molecule has 2 aromatic rings. The third-order valence-electron chi connectivity index (χ3n) is 5.36. The van der Waals surface area contributed by atoms with E-state index >= 15 is 0 Å². The minimum absolute atomic E-state index is 0.219. The Labute approximate surface area is 182 Å². The number of carbonyl (C=O) groups is 2. The second-order valence-corrected chi connectivity index (χ2v) is 7.66. The van der Waals surface area contributed by atoms with E-state index in [1.807, 2.05) is 45.9 Å². The summed E-state index contributed by atoms with van der Waals surface area (Å²) in [6.07, 6.45) is 0. The van der Waals surface area contributed by atoms with Crippen LogP contribution in [0, 0.1) is 13.8 Å². The van der Waals surface area contributed by atoms with Crippen molar-refractivity contribution >= 4 is 23.1 Å². The Balaban J connectivity index is 2.16. The van der Waals surface area contributed by atoms with Gasteiger partial charge in [0.2, 0.25) is 5.75 Å². The van der Waals surface area contributed by atoms with Gasteiger partial charge in [0.15, 0.2) is 11.5 Å². The van der Waals surface area contributed by atoms with Gasteiger partial charge < -0.3 is 19.5 Å². The van der Waals surface area contributed by atoms with E-state index in [0.29, 0.717) is 34.1 Å². The summed E-state index contributed by atoms with van der Waals surface area (Å²) in [7, 11) is 4.56. The Morgan fingerprint density at radius 3 is 1.94 bits per heavy atom. The van der Waals surface area contributed by atoms with Crippen molar-refractivity contribution in [1.29, 1.82) is 0 Å². The molecule has 1 N–H and O–H groups in total. The van der Waals surface area contributed by atoms with E-state index in [1.165, 1.54) is 26.2 Å². The number of anilines is 1. The van der Waals surface area contributed by atoms with Crippen molar-refractivity contribution in [2.45, 2.75) is 33.7 Å². The third-order valence-corrected chi connectivity index (χ3v) is 5.36. The Bertz CT molecular complexity index is 1050. The molecule has 0 unspecified atom stereocenters. The number of ether oxygens (including phenoxy) is 3. The van der Waals surface area contributed by atoms with Crippen LogP contribution >= 0.6 is 0 Å². The van der Waals surface area contributed by atoms with Crippen LogP contribution in [0.25, 0.3) is 5.57 Å². The highest BCUT2D eigenvalue weighted by Crippen LogP contribution is 2.41. The van der Waals surface area contributed by atoms with Gasteiger partial charge in [-0.1, -0.05) is 18.2 Å². The predicted octanol–water partition coefficient (Wildman–Crippen LogP) is 3.93. The summed E-state index contributed by atoms with van der Waals surface area (Å²) in [6.45, 7) is 7.62. The number of nitrogens with one attached hydrogen (secondary N) is 1. The molecule has 164 valence electrons. The van der Waals surface area contributed by atoms with Crippen LogP contribution in [0.5, 0.6) is 17.2 Å². The summed E-state index contributed by atoms with van der Waals surface area (Å²) in [4.78, 5) is 27.7. The molecule has 0 aliphatic carbocycles. The van der Waals surface area contributed by atoms with Crippen molar-refractivity contribution in [3.63, 3.8) is 0 Å². The summed E-state index contributed by atoms with van der Waals surface area (Å²) in [5, 5.41) is 3.14. The van der Waals surface area contributed by atoms with Crippen LogP contribution in [0.1, 0.15) is 30.5 Å². The smallest absolute Gasteiger partial charge is 0.278 e. The minimum atomic E-state index is -0.373. The molecule has 1 aliphatic rings. The van der Waals surface area contributed by atoms with Crippen LogP contribution in [0.15, 0.2) is 36.0 Å². The molecular formula is C24H28N2O5. The molecule has 2 aromatic carbocycles. The topological polar surface area (TPSA) is 77.1 Å². The fraction of sp³-hybridized carbons (Fsp3) is 0.333. The number of hydrogen-bond acceptors (Lipinski definition) is 6. The number of imide groups is 1. The van der Waals surface area contributed by atoms with E-state index in [2.05, 4.69) is 5.32 Å². The van der Waals surface area contributed by atoms with Gasteiger partial charge in [0.1, 0.15) is 5.70 Å². The second-order valence-electron chi connectivity index (χ2n) is 7.66. The highest BCUT2D eigenvalue weighted by atomic mass is 16.5. The number of carbonyl (C=O) groups excluding carboxylic acids is 2. The molecule has 0 spiro atoms. The lowest BCUT2D eigenvalue weighted by Crippen LogP contribution is -2.38. The summed E-state index contributed by atoms with van der Waals surface area (Å²) in [6, 6.07) is 8.86. The summed E-state index contributed by atoms with van der Waals surface area (Å²) in [5.74, 6) is 0.627. The zero-order valence-corrected chi connectivity index (χ0v) is 19.0. The Hall–Kier alpha value is -3.48. The molecule has 2 amide bonds. The molecule has 3 rings (SSSR count). The maximum Gasteiger partial charge on any atom is 0.278 e. The lowest BCUT2D eigenvalue weighted by Gasteiger charge is -2.19. The first-order valence-electron chi connectivity index (χ1n) is 10.00. The number of rotatable bonds is 7. The quantitative estimate of drug-likeness (QED) is 0.679. The van der Waals surface area contributed by atoms with Crippen LogP contribution in [0.4, 0.5) is 5.69 Å². The van der Waals surface area contributed by atoms with Gasteiger partial charge in [-0.3, -0.25) is 14.5 Å². The van der Waals surface area contributed by atoms with Crippen LogP contribution in [-0.2, 0) is 9.59 Å². The first kappa shape index (κ1) is 22.2. The van der Waals surface area contributed by atoms with Crippen molar-refractivity contribution in [3.05, 3.63) is 52.7 Å². The second kappa shape index (κ2) is 8.71. The Kier molecular flexibility index (Phi) is 6.24. The van der Waals surface area contributed by atoms with Crippen molar-refractivity contribution in [1.82, 2.24) is 4.90 Å². The summed E-state index contributed by atoms with van der Waals surface area (Å²) >= 11 is 0. The van der Waals surface area contributed by atoms with Crippen molar-refractivity contribution in [2.24, 2.45) is 0 Å². The Morgan fingerprint density at radius 2 is 1.45 bits per heavy atom. The number of amides is 2. The first-order valence-corrected chi connectivity index (χ1v) is 10.00. The number of nitrogens with zero attached hydrogens (tertiary/aromatic N) is 1.